The minimum absolute atomic E-state index is 0.0132. The van der Waals surface area contributed by atoms with Gasteiger partial charge in [0.25, 0.3) is 5.91 Å². The highest BCUT2D eigenvalue weighted by molar-refractivity contribution is 5.96. The first kappa shape index (κ1) is 14.7. The SMILES string of the molecule is CC1CCCCC1NC(=O)c1ccc(N(C)C)c(N)c1. The normalized spacial score (nSPS) is 22.4. The van der Waals surface area contributed by atoms with Crippen molar-refractivity contribution in [3.8, 4) is 0 Å². The van der Waals surface area contributed by atoms with Crippen molar-refractivity contribution in [1.82, 2.24) is 5.32 Å². The molecule has 3 N–H and O–H groups in total. The van der Waals surface area contributed by atoms with Crippen LogP contribution >= 0.6 is 0 Å². The molecule has 4 heteroatoms. The number of nitrogens with zero attached hydrogens (tertiary/aromatic N) is 1. The van der Waals surface area contributed by atoms with E-state index in [0.717, 1.165) is 12.1 Å². The molecule has 110 valence electrons. The second kappa shape index (κ2) is 6.16. The van der Waals surface area contributed by atoms with Crippen LogP contribution in [0, 0.1) is 5.92 Å². The number of amides is 1. The summed E-state index contributed by atoms with van der Waals surface area (Å²) < 4.78 is 0. The van der Waals surface area contributed by atoms with E-state index in [2.05, 4.69) is 12.2 Å². The van der Waals surface area contributed by atoms with E-state index >= 15 is 0 Å². The number of rotatable bonds is 3. The Hall–Kier alpha value is -1.71. The number of nitrogens with two attached hydrogens (primary N) is 1. The highest BCUT2D eigenvalue weighted by Gasteiger charge is 2.23. The van der Waals surface area contributed by atoms with Crippen LogP contribution in [-0.4, -0.2) is 26.0 Å². The minimum Gasteiger partial charge on any atom is -0.397 e. The van der Waals surface area contributed by atoms with Gasteiger partial charge in [0, 0.05) is 25.7 Å². The molecule has 0 saturated heterocycles. The molecule has 1 amide bonds. The summed E-state index contributed by atoms with van der Waals surface area (Å²) in [7, 11) is 3.88. The Bertz CT molecular complexity index is 485. The summed E-state index contributed by atoms with van der Waals surface area (Å²) in [6.45, 7) is 2.22. The van der Waals surface area contributed by atoms with E-state index < -0.39 is 0 Å². The number of carbonyl (C=O) groups is 1. The fourth-order valence-electron chi connectivity index (χ4n) is 2.89. The zero-order valence-corrected chi connectivity index (χ0v) is 12.6. The molecule has 0 aromatic heterocycles. The molecule has 0 radical (unpaired) electrons. The van der Waals surface area contributed by atoms with Gasteiger partial charge in [0.15, 0.2) is 0 Å². The van der Waals surface area contributed by atoms with Crippen LogP contribution in [0.15, 0.2) is 18.2 Å². The van der Waals surface area contributed by atoms with E-state index in [1.165, 1.54) is 19.3 Å². The Kier molecular flexibility index (Phi) is 4.53. The smallest absolute Gasteiger partial charge is 0.251 e. The second-order valence-electron chi connectivity index (χ2n) is 6.01. The van der Waals surface area contributed by atoms with Gasteiger partial charge in [-0.05, 0) is 37.0 Å². The molecule has 2 unspecified atom stereocenters. The molecule has 0 spiro atoms. The summed E-state index contributed by atoms with van der Waals surface area (Å²) in [6, 6.07) is 5.80. The van der Waals surface area contributed by atoms with Gasteiger partial charge in [-0.2, -0.15) is 0 Å². The fourth-order valence-corrected chi connectivity index (χ4v) is 2.89. The molecule has 4 nitrogen and oxygen atoms in total. The monoisotopic (exact) mass is 275 g/mol. The lowest BCUT2D eigenvalue weighted by atomic mass is 9.86. The topological polar surface area (TPSA) is 58.4 Å². The van der Waals surface area contributed by atoms with Gasteiger partial charge in [-0.1, -0.05) is 19.8 Å². The van der Waals surface area contributed by atoms with Crippen LogP contribution in [-0.2, 0) is 0 Å². The van der Waals surface area contributed by atoms with Crippen LogP contribution in [0.4, 0.5) is 11.4 Å². The average molecular weight is 275 g/mol. The van der Waals surface area contributed by atoms with Crippen molar-refractivity contribution in [2.45, 2.75) is 38.6 Å². The number of carbonyl (C=O) groups excluding carboxylic acids is 1. The molecule has 1 fully saturated rings. The van der Waals surface area contributed by atoms with E-state index in [1.54, 1.807) is 6.07 Å². The first-order valence-corrected chi connectivity index (χ1v) is 7.36. The molecule has 1 aromatic carbocycles. The van der Waals surface area contributed by atoms with Crippen molar-refractivity contribution in [3.63, 3.8) is 0 Å². The predicted octanol–water partition coefficient (Wildman–Crippen LogP) is 2.64. The Balaban J connectivity index is 2.07. The number of benzene rings is 1. The molecule has 2 rings (SSSR count). The molecule has 0 bridgehead atoms. The van der Waals surface area contributed by atoms with E-state index in [9.17, 15) is 4.79 Å². The zero-order chi connectivity index (χ0) is 14.7. The van der Waals surface area contributed by atoms with Crippen LogP contribution < -0.4 is 16.0 Å². The van der Waals surface area contributed by atoms with Crippen molar-refractivity contribution >= 4 is 17.3 Å². The summed E-state index contributed by atoms with van der Waals surface area (Å²) in [5, 5.41) is 3.15. The van der Waals surface area contributed by atoms with Gasteiger partial charge in [0.05, 0.1) is 11.4 Å². The molecule has 1 aliphatic rings. The largest absolute Gasteiger partial charge is 0.397 e. The first-order valence-electron chi connectivity index (χ1n) is 7.36. The molecule has 0 aliphatic heterocycles. The molecule has 1 aromatic rings. The molecular weight excluding hydrogens is 250 g/mol. The summed E-state index contributed by atoms with van der Waals surface area (Å²) >= 11 is 0. The lowest BCUT2D eigenvalue weighted by Crippen LogP contribution is -2.41. The third-order valence-corrected chi connectivity index (χ3v) is 4.20. The molecule has 20 heavy (non-hydrogen) atoms. The lowest BCUT2D eigenvalue weighted by molar-refractivity contribution is 0.0910. The molecule has 2 atom stereocenters. The van der Waals surface area contributed by atoms with Gasteiger partial charge in [-0.15, -0.1) is 0 Å². The maximum atomic E-state index is 12.3. The van der Waals surface area contributed by atoms with E-state index in [0.29, 0.717) is 23.2 Å². The van der Waals surface area contributed by atoms with E-state index in [1.807, 2.05) is 31.1 Å². The highest BCUT2D eigenvalue weighted by atomic mass is 16.1. The average Bonchev–Trinajstić information content (AvgIpc) is 2.40. The van der Waals surface area contributed by atoms with Crippen LogP contribution in [0.1, 0.15) is 43.0 Å². The third kappa shape index (κ3) is 3.24. The number of hydrogen-bond donors (Lipinski definition) is 2. The zero-order valence-electron chi connectivity index (χ0n) is 12.6. The quantitative estimate of drug-likeness (QED) is 0.834. The number of nitrogen functional groups attached to an aromatic ring is 1. The van der Waals surface area contributed by atoms with Crippen LogP contribution in [0.2, 0.25) is 0 Å². The van der Waals surface area contributed by atoms with E-state index in [-0.39, 0.29) is 5.91 Å². The minimum atomic E-state index is -0.0132. The van der Waals surface area contributed by atoms with Gasteiger partial charge in [0.1, 0.15) is 0 Å². The Morgan fingerprint density at radius 2 is 2.00 bits per heavy atom. The number of hydrogen-bond acceptors (Lipinski definition) is 3. The predicted molar refractivity (Wildman–Crippen MR) is 84.1 cm³/mol. The summed E-state index contributed by atoms with van der Waals surface area (Å²) in [5.41, 5.74) is 8.22. The molecule has 0 heterocycles. The van der Waals surface area contributed by atoms with Crippen LogP contribution in [0.25, 0.3) is 0 Å². The number of anilines is 2. The van der Waals surface area contributed by atoms with Crippen molar-refractivity contribution in [3.05, 3.63) is 23.8 Å². The van der Waals surface area contributed by atoms with Crippen LogP contribution in [0.5, 0.6) is 0 Å². The van der Waals surface area contributed by atoms with Crippen LogP contribution in [0.3, 0.4) is 0 Å². The lowest BCUT2D eigenvalue weighted by Gasteiger charge is -2.29. The summed E-state index contributed by atoms with van der Waals surface area (Å²) in [6.07, 6.45) is 4.76. The maximum absolute atomic E-state index is 12.3. The highest BCUT2D eigenvalue weighted by Crippen LogP contribution is 2.25. The third-order valence-electron chi connectivity index (χ3n) is 4.20. The maximum Gasteiger partial charge on any atom is 0.251 e. The Labute approximate surface area is 121 Å². The van der Waals surface area contributed by atoms with Gasteiger partial charge in [-0.3, -0.25) is 4.79 Å². The van der Waals surface area contributed by atoms with Crippen molar-refractivity contribution in [2.75, 3.05) is 24.7 Å². The van der Waals surface area contributed by atoms with Crippen molar-refractivity contribution in [1.29, 1.82) is 0 Å². The van der Waals surface area contributed by atoms with E-state index in [4.69, 9.17) is 5.73 Å². The summed E-state index contributed by atoms with van der Waals surface area (Å²) in [4.78, 5) is 14.3. The first-order chi connectivity index (χ1) is 9.49. The Morgan fingerprint density at radius 1 is 1.30 bits per heavy atom. The Morgan fingerprint density at radius 3 is 2.60 bits per heavy atom. The number of nitrogens with one attached hydrogen (secondary N) is 1. The molecule has 1 aliphatic carbocycles. The fraction of sp³-hybridized carbons (Fsp3) is 0.562. The second-order valence-corrected chi connectivity index (χ2v) is 6.01. The van der Waals surface area contributed by atoms with Crippen molar-refractivity contribution in [2.24, 2.45) is 5.92 Å². The summed E-state index contributed by atoms with van der Waals surface area (Å²) in [5.74, 6) is 0.548. The standard InChI is InChI=1S/C16H25N3O/c1-11-6-4-5-7-14(11)18-16(20)12-8-9-15(19(2)3)13(17)10-12/h8-11,14H,4-7,17H2,1-3H3,(H,18,20). The van der Waals surface area contributed by atoms with Gasteiger partial charge in [-0.25, -0.2) is 0 Å². The van der Waals surface area contributed by atoms with Gasteiger partial charge >= 0.3 is 0 Å². The molecule has 1 saturated carbocycles. The van der Waals surface area contributed by atoms with Crippen molar-refractivity contribution < 1.29 is 4.79 Å². The molecular formula is C16H25N3O. The van der Waals surface area contributed by atoms with Gasteiger partial charge in [0.2, 0.25) is 0 Å². The van der Waals surface area contributed by atoms with Gasteiger partial charge < -0.3 is 16.0 Å².